The van der Waals surface area contributed by atoms with Crippen molar-refractivity contribution in [3.05, 3.63) is 29.8 Å². The number of nitrogens with one attached hydrogen (secondary N) is 3. The number of rotatable bonds is 5. The van der Waals surface area contributed by atoms with Crippen molar-refractivity contribution in [3.63, 3.8) is 0 Å². The van der Waals surface area contributed by atoms with Crippen LogP contribution in [0, 0.1) is 0 Å². The average Bonchev–Trinajstić information content (AvgIpc) is 2.44. The Bertz CT molecular complexity index is 445. The van der Waals surface area contributed by atoms with Gasteiger partial charge in [-0.25, -0.2) is 9.59 Å². The lowest BCUT2D eigenvalue weighted by Gasteiger charge is -2.12. The third-order valence-corrected chi connectivity index (χ3v) is 2.54. The minimum atomic E-state index is -0.315. The van der Waals surface area contributed by atoms with Crippen molar-refractivity contribution in [1.82, 2.24) is 15.5 Å². The van der Waals surface area contributed by atoms with Crippen molar-refractivity contribution < 1.29 is 9.59 Å². The Morgan fingerprint density at radius 2 is 1.70 bits per heavy atom. The summed E-state index contributed by atoms with van der Waals surface area (Å²) >= 11 is 0. The number of amides is 4. The zero-order chi connectivity index (χ0) is 15.0. The molecule has 7 nitrogen and oxygen atoms in total. The lowest BCUT2D eigenvalue weighted by atomic mass is 10.2. The molecule has 0 aliphatic carbocycles. The number of carbonyl (C=O) groups is 2. The third kappa shape index (κ3) is 5.57. The van der Waals surface area contributed by atoms with Gasteiger partial charge in [0, 0.05) is 39.4 Å². The Hall–Kier alpha value is -2.28. The molecule has 0 unspecified atom stereocenters. The van der Waals surface area contributed by atoms with E-state index in [4.69, 9.17) is 5.73 Å². The van der Waals surface area contributed by atoms with Crippen LogP contribution in [0.25, 0.3) is 0 Å². The fraction of sp³-hybridized carbons (Fsp3) is 0.385. The summed E-state index contributed by atoms with van der Waals surface area (Å²) < 4.78 is 0. The zero-order valence-corrected chi connectivity index (χ0v) is 11.8. The maximum Gasteiger partial charge on any atom is 0.319 e. The van der Waals surface area contributed by atoms with E-state index in [1.54, 1.807) is 26.2 Å². The quantitative estimate of drug-likeness (QED) is 0.592. The van der Waals surface area contributed by atoms with Gasteiger partial charge >= 0.3 is 12.1 Å². The van der Waals surface area contributed by atoms with E-state index in [0.29, 0.717) is 25.3 Å². The third-order valence-electron chi connectivity index (χ3n) is 2.54. The van der Waals surface area contributed by atoms with E-state index in [-0.39, 0.29) is 12.1 Å². The van der Waals surface area contributed by atoms with Crippen molar-refractivity contribution in [2.45, 2.75) is 6.54 Å². The molecule has 0 aliphatic heterocycles. The van der Waals surface area contributed by atoms with Gasteiger partial charge in [-0.15, -0.1) is 0 Å². The molecule has 4 amide bonds. The Morgan fingerprint density at radius 3 is 2.25 bits per heavy atom. The summed E-state index contributed by atoms with van der Waals surface area (Å²) in [4.78, 5) is 24.2. The predicted octanol–water partition coefficient (Wildman–Crippen LogP) is 0.538. The van der Waals surface area contributed by atoms with E-state index in [9.17, 15) is 9.59 Å². The maximum absolute atomic E-state index is 11.6. The molecular formula is C13H21N5O2. The van der Waals surface area contributed by atoms with Crippen LogP contribution in [-0.4, -0.2) is 44.1 Å². The molecule has 7 heteroatoms. The van der Waals surface area contributed by atoms with Crippen molar-refractivity contribution in [1.29, 1.82) is 0 Å². The van der Waals surface area contributed by atoms with Gasteiger partial charge < -0.3 is 26.6 Å². The van der Waals surface area contributed by atoms with Gasteiger partial charge in [0.1, 0.15) is 0 Å². The Labute approximate surface area is 118 Å². The normalized spacial score (nSPS) is 9.75. The standard InChI is InChI=1S/C13H21N5O2/c1-18(2)13(20)16-8-7-15-12(19)17-11-5-3-10(9-14)4-6-11/h3-6H,7-9,14H2,1-2H3,(H,16,20)(H2,15,17,19). The topological polar surface area (TPSA) is 99.5 Å². The smallest absolute Gasteiger partial charge is 0.319 e. The van der Waals surface area contributed by atoms with Crippen molar-refractivity contribution in [2.24, 2.45) is 5.73 Å². The van der Waals surface area contributed by atoms with Gasteiger partial charge in [0.15, 0.2) is 0 Å². The summed E-state index contributed by atoms with van der Waals surface area (Å²) in [5.74, 6) is 0. The first-order chi connectivity index (χ1) is 9.52. The lowest BCUT2D eigenvalue weighted by molar-refractivity contribution is 0.217. The number of hydrogen-bond acceptors (Lipinski definition) is 3. The molecule has 1 aromatic rings. The molecule has 0 aromatic heterocycles. The number of hydrogen-bond donors (Lipinski definition) is 4. The fourth-order valence-corrected chi connectivity index (χ4v) is 1.40. The van der Waals surface area contributed by atoms with Gasteiger partial charge in [-0.2, -0.15) is 0 Å². The minimum absolute atomic E-state index is 0.190. The van der Waals surface area contributed by atoms with Crippen LogP contribution in [-0.2, 0) is 6.54 Å². The highest BCUT2D eigenvalue weighted by molar-refractivity contribution is 5.89. The zero-order valence-electron chi connectivity index (χ0n) is 11.8. The van der Waals surface area contributed by atoms with Crippen LogP contribution in [0.4, 0.5) is 15.3 Å². The maximum atomic E-state index is 11.6. The van der Waals surface area contributed by atoms with Gasteiger partial charge in [0.25, 0.3) is 0 Å². The molecule has 5 N–H and O–H groups in total. The molecule has 0 heterocycles. The molecule has 0 saturated heterocycles. The summed E-state index contributed by atoms with van der Waals surface area (Å²) in [6.45, 7) is 1.20. The average molecular weight is 279 g/mol. The van der Waals surface area contributed by atoms with Crippen LogP contribution in [0.15, 0.2) is 24.3 Å². The summed E-state index contributed by atoms with van der Waals surface area (Å²) in [5, 5.41) is 7.98. The van der Waals surface area contributed by atoms with Crippen LogP contribution < -0.4 is 21.7 Å². The predicted molar refractivity (Wildman–Crippen MR) is 78.4 cm³/mol. The first-order valence-electron chi connectivity index (χ1n) is 6.32. The van der Waals surface area contributed by atoms with Crippen molar-refractivity contribution >= 4 is 17.7 Å². The minimum Gasteiger partial charge on any atom is -0.336 e. The molecule has 1 rings (SSSR count). The number of benzene rings is 1. The molecule has 110 valence electrons. The van der Waals surface area contributed by atoms with Crippen LogP contribution >= 0.6 is 0 Å². The number of carbonyl (C=O) groups excluding carboxylic acids is 2. The summed E-state index contributed by atoms with van der Waals surface area (Å²) in [6.07, 6.45) is 0. The van der Waals surface area contributed by atoms with E-state index in [1.165, 1.54) is 4.90 Å². The van der Waals surface area contributed by atoms with E-state index in [0.717, 1.165) is 5.56 Å². The Morgan fingerprint density at radius 1 is 1.10 bits per heavy atom. The second-order valence-corrected chi connectivity index (χ2v) is 4.41. The van der Waals surface area contributed by atoms with Gasteiger partial charge in [0.2, 0.25) is 0 Å². The molecule has 0 atom stereocenters. The number of nitrogens with two attached hydrogens (primary N) is 1. The lowest BCUT2D eigenvalue weighted by Crippen LogP contribution is -2.40. The van der Waals surface area contributed by atoms with E-state index in [2.05, 4.69) is 16.0 Å². The molecule has 0 bridgehead atoms. The number of anilines is 1. The molecule has 20 heavy (non-hydrogen) atoms. The summed E-state index contributed by atoms with van der Waals surface area (Å²) in [6, 6.07) is 6.78. The number of nitrogens with zero attached hydrogens (tertiary/aromatic N) is 1. The molecule has 1 aromatic carbocycles. The highest BCUT2D eigenvalue weighted by Crippen LogP contribution is 2.08. The first-order valence-corrected chi connectivity index (χ1v) is 6.32. The molecule has 0 fully saturated rings. The van der Waals surface area contributed by atoms with E-state index >= 15 is 0 Å². The van der Waals surface area contributed by atoms with Crippen LogP contribution in [0.5, 0.6) is 0 Å². The van der Waals surface area contributed by atoms with Crippen LogP contribution in [0.1, 0.15) is 5.56 Å². The highest BCUT2D eigenvalue weighted by Gasteiger charge is 2.03. The SMILES string of the molecule is CN(C)C(=O)NCCNC(=O)Nc1ccc(CN)cc1. The molecule has 0 saturated carbocycles. The first kappa shape index (κ1) is 15.8. The molecular weight excluding hydrogens is 258 g/mol. The second kappa shape index (κ2) is 8.00. The highest BCUT2D eigenvalue weighted by atomic mass is 16.2. The number of urea groups is 2. The molecule has 0 aliphatic rings. The second-order valence-electron chi connectivity index (χ2n) is 4.41. The van der Waals surface area contributed by atoms with E-state index < -0.39 is 0 Å². The van der Waals surface area contributed by atoms with Gasteiger partial charge in [-0.3, -0.25) is 0 Å². The van der Waals surface area contributed by atoms with Gasteiger partial charge in [0.05, 0.1) is 0 Å². The Balaban J connectivity index is 2.24. The van der Waals surface area contributed by atoms with Gasteiger partial charge in [-0.1, -0.05) is 12.1 Å². The van der Waals surface area contributed by atoms with Crippen molar-refractivity contribution in [3.8, 4) is 0 Å². The summed E-state index contributed by atoms with van der Waals surface area (Å²) in [5.41, 5.74) is 7.18. The molecule has 0 radical (unpaired) electrons. The molecule has 0 spiro atoms. The van der Waals surface area contributed by atoms with Gasteiger partial charge in [-0.05, 0) is 17.7 Å². The largest absolute Gasteiger partial charge is 0.336 e. The monoisotopic (exact) mass is 279 g/mol. The Kier molecular flexibility index (Phi) is 6.31. The van der Waals surface area contributed by atoms with Crippen molar-refractivity contribution in [2.75, 3.05) is 32.5 Å². The van der Waals surface area contributed by atoms with Crippen LogP contribution in [0.2, 0.25) is 0 Å². The van der Waals surface area contributed by atoms with Crippen LogP contribution in [0.3, 0.4) is 0 Å². The summed E-state index contributed by atoms with van der Waals surface area (Å²) in [7, 11) is 3.31. The fourth-order valence-electron chi connectivity index (χ4n) is 1.40. The van der Waals surface area contributed by atoms with E-state index in [1.807, 2.05) is 12.1 Å².